The molecule has 0 spiro atoms. The lowest BCUT2D eigenvalue weighted by Crippen LogP contribution is -1.91. The number of ether oxygens (including phenoxy) is 1. The van der Waals surface area contributed by atoms with Gasteiger partial charge in [0.1, 0.15) is 11.6 Å². The Balaban J connectivity index is 2.53. The van der Waals surface area contributed by atoms with E-state index in [0.717, 1.165) is 12.1 Å². The van der Waals surface area contributed by atoms with Gasteiger partial charge in [0.15, 0.2) is 5.75 Å². The van der Waals surface area contributed by atoms with Crippen LogP contribution >= 0.6 is 0 Å². The van der Waals surface area contributed by atoms with Crippen LogP contribution in [0.1, 0.15) is 0 Å². The Morgan fingerprint density at radius 1 is 1.26 bits per heavy atom. The van der Waals surface area contributed by atoms with Gasteiger partial charge in [-0.05, 0) is 23.8 Å². The number of nitro benzene ring substituents is 1. The normalized spacial score (nSPS) is 10.2. The monoisotopic (exact) mass is 263 g/mol. The van der Waals surface area contributed by atoms with Gasteiger partial charge in [-0.15, -0.1) is 0 Å². The van der Waals surface area contributed by atoms with Crippen LogP contribution in [-0.4, -0.2) is 17.1 Å². The first-order valence-electron chi connectivity index (χ1n) is 5.34. The zero-order valence-corrected chi connectivity index (χ0v) is 9.96. The number of benzene rings is 2. The first-order chi connectivity index (χ1) is 9.02. The van der Waals surface area contributed by atoms with E-state index >= 15 is 0 Å². The summed E-state index contributed by atoms with van der Waals surface area (Å²) >= 11 is 0. The first-order valence-corrected chi connectivity index (χ1v) is 5.34. The molecule has 2 rings (SSSR count). The van der Waals surface area contributed by atoms with Gasteiger partial charge in [0.05, 0.1) is 12.0 Å². The van der Waals surface area contributed by atoms with Gasteiger partial charge in [-0.3, -0.25) is 10.1 Å². The highest BCUT2D eigenvalue weighted by Crippen LogP contribution is 2.33. The molecule has 0 aromatic heterocycles. The summed E-state index contributed by atoms with van der Waals surface area (Å²) in [7, 11) is 1.42. The Morgan fingerprint density at radius 2 is 2.00 bits per heavy atom. The van der Waals surface area contributed by atoms with Crippen LogP contribution in [0.3, 0.4) is 0 Å². The largest absolute Gasteiger partial charge is 0.502 e. The van der Waals surface area contributed by atoms with Crippen LogP contribution in [0.5, 0.6) is 11.5 Å². The van der Waals surface area contributed by atoms with Crippen LogP contribution < -0.4 is 4.74 Å². The highest BCUT2D eigenvalue weighted by molar-refractivity contribution is 5.69. The van der Waals surface area contributed by atoms with Crippen molar-refractivity contribution in [3.63, 3.8) is 0 Å². The number of nitro groups is 1. The van der Waals surface area contributed by atoms with E-state index in [1.54, 1.807) is 6.07 Å². The second kappa shape index (κ2) is 4.93. The number of hydrogen-bond donors (Lipinski definition) is 1. The van der Waals surface area contributed by atoms with Crippen molar-refractivity contribution in [2.75, 3.05) is 7.11 Å². The zero-order chi connectivity index (χ0) is 14.0. The maximum Gasteiger partial charge on any atom is 0.311 e. The lowest BCUT2D eigenvalue weighted by molar-refractivity contribution is -0.385. The molecule has 0 radical (unpaired) electrons. The second-order valence-corrected chi connectivity index (χ2v) is 3.81. The van der Waals surface area contributed by atoms with Gasteiger partial charge in [0.2, 0.25) is 0 Å². The van der Waals surface area contributed by atoms with Gasteiger partial charge >= 0.3 is 5.69 Å². The fourth-order valence-electron chi connectivity index (χ4n) is 1.69. The molecule has 0 atom stereocenters. The maximum absolute atomic E-state index is 13.8. The van der Waals surface area contributed by atoms with Crippen molar-refractivity contribution in [3.8, 4) is 22.6 Å². The van der Waals surface area contributed by atoms with Crippen LogP contribution in [0.15, 0.2) is 36.4 Å². The number of nitrogens with zero attached hydrogens (tertiary/aromatic N) is 1. The van der Waals surface area contributed by atoms with Gasteiger partial charge in [0, 0.05) is 17.7 Å². The number of halogens is 1. The minimum absolute atomic E-state index is 0.198. The summed E-state index contributed by atoms with van der Waals surface area (Å²) in [5.74, 6) is -0.656. The lowest BCUT2D eigenvalue weighted by atomic mass is 10.0. The number of rotatable bonds is 3. The molecule has 1 N–H and O–H groups in total. The van der Waals surface area contributed by atoms with Gasteiger partial charge in [0.25, 0.3) is 0 Å². The molecule has 0 fully saturated rings. The van der Waals surface area contributed by atoms with Crippen LogP contribution in [0, 0.1) is 15.9 Å². The molecular formula is C13H10FNO4. The van der Waals surface area contributed by atoms with E-state index in [1.165, 1.54) is 25.3 Å². The molecule has 2 aromatic rings. The Labute approximate surface area is 108 Å². The maximum atomic E-state index is 13.8. The number of phenolic OH excluding ortho intramolecular Hbond substituents is 1. The van der Waals surface area contributed by atoms with Gasteiger partial charge in [-0.25, -0.2) is 4.39 Å². The van der Waals surface area contributed by atoms with Crippen molar-refractivity contribution < 1.29 is 19.2 Å². The van der Waals surface area contributed by atoms with E-state index < -0.39 is 22.2 Å². The summed E-state index contributed by atoms with van der Waals surface area (Å²) in [5, 5.41) is 20.1. The predicted molar refractivity (Wildman–Crippen MR) is 66.7 cm³/mol. The van der Waals surface area contributed by atoms with Crippen molar-refractivity contribution in [3.05, 3.63) is 52.3 Å². The van der Waals surface area contributed by atoms with E-state index in [-0.39, 0.29) is 5.56 Å². The molecule has 19 heavy (non-hydrogen) atoms. The van der Waals surface area contributed by atoms with Crippen LogP contribution in [0.4, 0.5) is 10.1 Å². The van der Waals surface area contributed by atoms with Crippen molar-refractivity contribution in [2.24, 2.45) is 0 Å². The summed E-state index contributed by atoms with van der Waals surface area (Å²) in [6.07, 6.45) is 0. The summed E-state index contributed by atoms with van der Waals surface area (Å²) in [4.78, 5) is 10.0. The molecule has 0 saturated heterocycles. The highest BCUT2D eigenvalue weighted by Gasteiger charge is 2.16. The van der Waals surface area contributed by atoms with E-state index in [2.05, 4.69) is 0 Å². The minimum Gasteiger partial charge on any atom is -0.502 e. The molecule has 0 heterocycles. The van der Waals surface area contributed by atoms with Crippen molar-refractivity contribution >= 4 is 5.69 Å². The third-order valence-corrected chi connectivity index (χ3v) is 2.66. The molecule has 0 bridgehead atoms. The fraction of sp³-hybridized carbons (Fsp3) is 0.0769. The lowest BCUT2D eigenvalue weighted by Gasteiger charge is -2.06. The van der Waals surface area contributed by atoms with E-state index in [4.69, 9.17) is 4.74 Å². The zero-order valence-electron chi connectivity index (χ0n) is 9.96. The summed E-state index contributed by atoms with van der Waals surface area (Å²) < 4.78 is 18.7. The second-order valence-electron chi connectivity index (χ2n) is 3.81. The van der Waals surface area contributed by atoms with Crippen molar-refractivity contribution in [1.29, 1.82) is 0 Å². The highest BCUT2D eigenvalue weighted by atomic mass is 19.1. The van der Waals surface area contributed by atoms with E-state index in [1.807, 2.05) is 0 Å². The average Bonchev–Trinajstić information content (AvgIpc) is 2.39. The van der Waals surface area contributed by atoms with Crippen LogP contribution in [0.2, 0.25) is 0 Å². The van der Waals surface area contributed by atoms with Gasteiger partial charge in [-0.1, -0.05) is 6.07 Å². The Hall–Kier alpha value is -2.63. The number of hydrogen-bond acceptors (Lipinski definition) is 4. The topological polar surface area (TPSA) is 72.6 Å². The molecule has 6 heteroatoms. The Morgan fingerprint density at radius 3 is 2.58 bits per heavy atom. The Kier molecular flexibility index (Phi) is 3.33. The SMILES string of the molecule is COc1ccc(-c2ccc(O)c([N+](=O)[O-])c2)c(F)c1. The van der Waals surface area contributed by atoms with Crippen molar-refractivity contribution in [1.82, 2.24) is 0 Å². The molecule has 0 aliphatic heterocycles. The molecule has 0 saturated carbocycles. The van der Waals surface area contributed by atoms with Gasteiger partial charge in [-0.2, -0.15) is 0 Å². The number of aromatic hydroxyl groups is 1. The number of phenols is 1. The fourth-order valence-corrected chi connectivity index (χ4v) is 1.69. The molecule has 5 nitrogen and oxygen atoms in total. The standard InChI is InChI=1S/C13H10FNO4/c1-19-9-3-4-10(11(14)7-9)8-2-5-13(16)12(6-8)15(17)18/h2-7,16H,1H3. The summed E-state index contributed by atoms with van der Waals surface area (Å²) in [6.45, 7) is 0. The predicted octanol–water partition coefficient (Wildman–Crippen LogP) is 3.12. The average molecular weight is 263 g/mol. The van der Waals surface area contributed by atoms with E-state index in [9.17, 15) is 19.6 Å². The van der Waals surface area contributed by atoms with Gasteiger partial charge < -0.3 is 9.84 Å². The number of methoxy groups -OCH3 is 1. The molecular weight excluding hydrogens is 253 g/mol. The molecule has 98 valence electrons. The molecule has 0 amide bonds. The van der Waals surface area contributed by atoms with E-state index in [0.29, 0.717) is 11.3 Å². The molecule has 0 aliphatic carbocycles. The Bertz CT molecular complexity index is 643. The van der Waals surface area contributed by atoms with Crippen LogP contribution in [-0.2, 0) is 0 Å². The minimum atomic E-state index is -0.722. The quantitative estimate of drug-likeness (QED) is 0.682. The third kappa shape index (κ3) is 2.47. The molecule has 0 aliphatic rings. The molecule has 0 unspecified atom stereocenters. The van der Waals surface area contributed by atoms with Crippen LogP contribution in [0.25, 0.3) is 11.1 Å². The third-order valence-electron chi connectivity index (χ3n) is 2.66. The first kappa shape index (κ1) is 12.8. The molecule has 2 aromatic carbocycles. The van der Waals surface area contributed by atoms with Crippen molar-refractivity contribution in [2.45, 2.75) is 0 Å². The summed E-state index contributed by atoms with van der Waals surface area (Å²) in [6, 6.07) is 7.90. The smallest absolute Gasteiger partial charge is 0.311 e. The summed E-state index contributed by atoms with van der Waals surface area (Å²) in [5.41, 5.74) is 0.0428.